The molecule has 2 aromatic heterocycles. The van der Waals surface area contributed by atoms with Crippen LogP contribution in [0.3, 0.4) is 0 Å². The van der Waals surface area contributed by atoms with Crippen LogP contribution in [0.25, 0.3) is 10.9 Å². The number of hydrogen-bond acceptors (Lipinski definition) is 8. The fourth-order valence-electron chi connectivity index (χ4n) is 4.46. The third-order valence-corrected chi connectivity index (χ3v) is 6.85. The van der Waals surface area contributed by atoms with Crippen molar-refractivity contribution in [2.75, 3.05) is 5.75 Å². The number of alkyl carbamates (subject to hydrolysis) is 1. The zero-order valence-corrected chi connectivity index (χ0v) is 22.9. The smallest absolute Gasteiger partial charge is 0.408 e. The lowest BCUT2D eigenvalue weighted by molar-refractivity contribution is -0.150. The number of amides is 2. The number of nitrogens with zero attached hydrogens (tertiary/aromatic N) is 3. The van der Waals surface area contributed by atoms with Gasteiger partial charge in [-0.1, -0.05) is 43.8 Å². The number of aliphatic carboxylic acids is 1. The van der Waals surface area contributed by atoms with Crippen molar-refractivity contribution in [2.45, 2.75) is 76.9 Å². The van der Waals surface area contributed by atoms with E-state index in [1.165, 1.54) is 4.90 Å². The van der Waals surface area contributed by atoms with E-state index in [9.17, 15) is 19.5 Å². The second-order valence-corrected chi connectivity index (χ2v) is 11.7. The molecular formula is C26H33N5O6S. The van der Waals surface area contributed by atoms with Crippen molar-refractivity contribution in [1.29, 1.82) is 0 Å². The summed E-state index contributed by atoms with van der Waals surface area (Å²) in [6.45, 7) is 9.51. The summed E-state index contributed by atoms with van der Waals surface area (Å²) in [6, 6.07) is 6.18. The lowest BCUT2D eigenvalue weighted by atomic mass is 9.96. The minimum atomic E-state index is -1.05. The number of carbonyl (C=O) groups is 3. The normalized spacial score (nSPS) is 16.4. The van der Waals surface area contributed by atoms with Gasteiger partial charge in [-0.05, 0) is 44.7 Å². The van der Waals surface area contributed by atoms with Crippen LogP contribution in [0, 0.1) is 5.92 Å². The highest BCUT2D eigenvalue weighted by atomic mass is 32.2. The molecule has 0 unspecified atom stereocenters. The number of fused-ring (bicyclic) bond motifs is 3. The Hall–Kier alpha value is -3.54. The molecule has 2 atom stereocenters. The fourth-order valence-corrected chi connectivity index (χ4v) is 5.11. The highest BCUT2D eigenvalue weighted by molar-refractivity contribution is 7.99. The Morgan fingerprint density at radius 3 is 2.68 bits per heavy atom. The lowest BCUT2D eigenvalue weighted by Gasteiger charge is -2.33. The number of thioether (sulfide) groups is 1. The maximum atomic E-state index is 13.1. The highest BCUT2D eigenvalue weighted by Gasteiger charge is 2.36. The van der Waals surface area contributed by atoms with Gasteiger partial charge in [0.25, 0.3) is 5.22 Å². The SMILES string of the molecule is CC(C)C[C@H](NC(=O)OC(C)(C)C)c1nnc(SCC(=O)N2Cc3[nH]c4ccccc4c3C[C@@H]2C(=O)O)o1. The molecule has 3 heterocycles. The van der Waals surface area contributed by atoms with Gasteiger partial charge in [0.2, 0.25) is 11.8 Å². The number of rotatable bonds is 8. The van der Waals surface area contributed by atoms with Gasteiger partial charge in [-0.15, -0.1) is 10.2 Å². The van der Waals surface area contributed by atoms with Crippen molar-refractivity contribution >= 4 is 40.6 Å². The van der Waals surface area contributed by atoms with Gasteiger partial charge in [0.1, 0.15) is 17.7 Å². The summed E-state index contributed by atoms with van der Waals surface area (Å²) in [6.07, 6.45) is 0.181. The van der Waals surface area contributed by atoms with Crippen LogP contribution in [0.4, 0.5) is 4.79 Å². The quantitative estimate of drug-likeness (QED) is 0.353. The number of aromatic amines is 1. The van der Waals surface area contributed by atoms with Gasteiger partial charge in [-0.2, -0.15) is 0 Å². The Morgan fingerprint density at radius 1 is 1.26 bits per heavy atom. The molecule has 3 aromatic rings. The second kappa shape index (κ2) is 11.1. The van der Waals surface area contributed by atoms with E-state index in [1.54, 1.807) is 20.8 Å². The summed E-state index contributed by atoms with van der Waals surface area (Å²) >= 11 is 1.03. The molecule has 0 radical (unpaired) electrons. The lowest BCUT2D eigenvalue weighted by Crippen LogP contribution is -2.49. The van der Waals surface area contributed by atoms with Crippen LogP contribution in [0.2, 0.25) is 0 Å². The first-order chi connectivity index (χ1) is 17.9. The van der Waals surface area contributed by atoms with Crippen LogP contribution >= 0.6 is 11.8 Å². The molecule has 0 saturated heterocycles. The summed E-state index contributed by atoms with van der Waals surface area (Å²) in [5.41, 5.74) is 2.03. The third-order valence-electron chi connectivity index (χ3n) is 6.05. The molecule has 204 valence electrons. The minimum absolute atomic E-state index is 0.0741. The molecule has 12 heteroatoms. The molecule has 0 bridgehead atoms. The van der Waals surface area contributed by atoms with E-state index < -0.39 is 29.7 Å². The highest BCUT2D eigenvalue weighted by Crippen LogP contribution is 2.31. The maximum absolute atomic E-state index is 13.1. The van der Waals surface area contributed by atoms with Gasteiger partial charge in [0, 0.05) is 23.0 Å². The second-order valence-electron chi connectivity index (χ2n) is 10.7. The van der Waals surface area contributed by atoms with Crippen molar-refractivity contribution in [3.05, 3.63) is 41.4 Å². The van der Waals surface area contributed by atoms with Gasteiger partial charge >= 0.3 is 12.1 Å². The number of hydrogen-bond donors (Lipinski definition) is 3. The Kier molecular flexibility index (Phi) is 8.00. The standard InChI is InChI=1S/C26H33N5O6S/c1-14(2)10-18(28-24(35)37-26(3,4)5)22-29-30-25(36-22)38-13-21(32)31-12-19-16(11-20(31)23(33)34)15-8-6-7-9-17(15)27-19/h6-9,14,18,20,27H,10-13H2,1-5H3,(H,28,35)(H,33,34)/t18-,20+/m0/s1. The van der Waals surface area contributed by atoms with Crippen LogP contribution in [-0.4, -0.2) is 60.6 Å². The van der Waals surface area contributed by atoms with Gasteiger partial charge < -0.3 is 29.5 Å². The van der Waals surface area contributed by atoms with Crippen molar-refractivity contribution < 1.29 is 28.6 Å². The summed E-state index contributed by atoms with van der Waals surface area (Å²) < 4.78 is 11.1. The van der Waals surface area contributed by atoms with Gasteiger partial charge in [0.15, 0.2) is 0 Å². The molecule has 38 heavy (non-hydrogen) atoms. The summed E-state index contributed by atoms with van der Waals surface area (Å²) in [5.74, 6) is -1.04. The summed E-state index contributed by atoms with van der Waals surface area (Å²) in [4.78, 5) is 42.2. The van der Waals surface area contributed by atoms with Crippen LogP contribution < -0.4 is 5.32 Å². The first kappa shape index (κ1) is 27.5. The summed E-state index contributed by atoms with van der Waals surface area (Å²) in [5, 5.41) is 21.9. The number of ether oxygens (including phenoxy) is 1. The molecule has 3 N–H and O–H groups in total. The minimum Gasteiger partial charge on any atom is -0.480 e. The molecule has 1 aromatic carbocycles. The Balaban J connectivity index is 1.43. The topological polar surface area (TPSA) is 151 Å². The molecule has 4 rings (SSSR count). The molecule has 1 aliphatic heterocycles. The van der Waals surface area contributed by atoms with Crippen molar-refractivity contribution in [3.8, 4) is 0 Å². The van der Waals surface area contributed by atoms with Crippen LogP contribution in [0.15, 0.2) is 33.9 Å². The molecule has 0 aliphatic carbocycles. The number of para-hydroxylation sites is 1. The zero-order valence-electron chi connectivity index (χ0n) is 22.1. The Morgan fingerprint density at radius 2 is 2.00 bits per heavy atom. The third kappa shape index (κ3) is 6.47. The predicted molar refractivity (Wildman–Crippen MR) is 141 cm³/mol. The Labute approximate surface area is 224 Å². The molecule has 0 spiro atoms. The van der Waals surface area contributed by atoms with E-state index in [0.29, 0.717) is 6.42 Å². The van der Waals surface area contributed by atoms with Gasteiger partial charge in [-0.3, -0.25) is 4.79 Å². The number of H-pyrrole nitrogens is 1. The first-order valence-electron chi connectivity index (χ1n) is 12.5. The molecule has 1 aliphatic rings. The molecule has 11 nitrogen and oxygen atoms in total. The van der Waals surface area contributed by atoms with E-state index in [4.69, 9.17) is 9.15 Å². The number of aromatic nitrogens is 3. The van der Waals surface area contributed by atoms with Crippen molar-refractivity contribution in [1.82, 2.24) is 25.4 Å². The van der Waals surface area contributed by atoms with E-state index in [-0.39, 0.29) is 41.7 Å². The molecule has 2 amide bonds. The van der Waals surface area contributed by atoms with Crippen LogP contribution in [-0.2, 0) is 27.3 Å². The Bertz CT molecular complexity index is 1330. The van der Waals surface area contributed by atoms with Gasteiger partial charge in [0.05, 0.1) is 12.3 Å². The number of carboxylic acids is 1. The number of nitrogens with one attached hydrogen (secondary N) is 2. The monoisotopic (exact) mass is 543 g/mol. The van der Waals surface area contributed by atoms with E-state index >= 15 is 0 Å². The van der Waals surface area contributed by atoms with Crippen LogP contribution in [0.5, 0.6) is 0 Å². The van der Waals surface area contributed by atoms with E-state index in [0.717, 1.165) is 33.9 Å². The molecule has 0 saturated carbocycles. The van der Waals surface area contributed by atoms with E-state index in [1.807, 2.05) is 38.1 Å². The largest absolute Gasteiger partial charge is 0.480 e. The average Bonchev–Trinajstić information content (AvgIpc) is 3.44. The predicted octanol–water partition coefficient (Wildman–Crippen LogP) is 4.29. The fraction of sp³-hybridized carbons (Fsp3) is 0.500. The summed E-state index contributed by atoms with van der Waals surface area (Å²) in [7, 11) is 0. The van der Waals surface area contributed by atoms with Crippen molar-refractivity contribution in [2.24, 2.45) is 5.92 Å². The molecule has 0 fully saturated rings. The maximum Gasteiger partial charge on any atom is 0.408 e. The van der Waals surface area contributed by atoms with Gasteiger partial charge in [-0.25, -0.2) is 9.59 Å². The number of benzene rings is 1. The number of carboxylic acid groups (broad SMARTS) is 1. The average molecular weight is 544 g/mol. The van der Waals surface area contributed by atoms with Crippen LogP contribution in [0.1, 0.15) is 64.2 Å². The zero-order chi connectivity index (χ0) is 27.6. The number of carbonyl (C=O) groups excluding carboxylic acids is 2. The molecular weight excluding hydrogens is 510 g/mol. The van der Waals surface area contributed by atoms with E-state index in [2.05, 4.69) is 20.5 Å². The first-order valence-corrected chi connectivity index (χ1v) is 13.5. The van der Waals surface area contributed by atoms with Crippen molar-refractivity contribution in [3.63, 3.8) is 0 Å².